The highest BCUT2D eigenvalue weighted by Crippen LogP contribution is 2.35. The minimum Gasteiger partial charge on any atom is -0.506 e. The molecule has 0 saturated carbocycles. The zero-order chi connectivity index (χ0) is 10.7. The van der Waals surface area contributed by atoms with Gasteiger partial charge in [0.25, 0.3) is 0 Å². The zero-order valence-corrected chi connectivity index (χ0v) is 11.7. The van der Waals surface area contributed by atoms with Gasteiger partial charge >= 0.3 is 0 Å². The number of benzene rings is 1. The topological polar surface area (TPSA) is 46.2 Å². The van der Waals surface area contributed by atoms with E-state index in [9.17, 15) is 9.50 Å². The summed E-state index contributed by atoms with van der Waals surface area (Å²) in [5, 5.41) is 9.43. The predicted octanol–water partition coefficient (Wildman–Crippen LogP) is 3.70. The maximum atomic E-state index is 12.1. The Hall–Kier alpha value is 0.160. The van der Waals surface area contributed by atoms with Gasteiger partial charge in [-0.05, 0) is 56.0 Å². The van der Waals surface area contributed by atoms with Gasteiger partial charge in [-0.15, -0.1) is 12.4 Å². The van der Waals surface area contributed by atoms with Crippen LogP contribution in [-0.2, 0) is 0 Å². The molecule has 0 aliphatic rings. The van der Waals surface area contributed by atoms with Crippen LogP contribution >= 0.6 is 44.3 Å². The third-order valence-electron chi connectivity index (χ3n) is 1.89. The lowest BCUT2D eigenvalue weighted by molar-refractivity contribution is 0.440. The summed E-state index contributed by atoms with van der Waals surface area (Å²) in [6.45, 7) is -0.447. The van der Waals surface area contributed by atoms with Crippen molar-refractivity contribution < 1.29 is 9.50 Å². The van der Waals surface area contributed by atoms with Crippen molar-refractivity contribution in [2.75, 3.05) is 6.67 Å². The fraction of sp³-hybridized carbons (Fsp3) is 0.333. The van der Waals surface area contributed by atoms with E-state index in [1.54, 1.807) is 12.1 Å². The molecule has 1 aromatic rings. The van der Waals surface area contributed by atoms with Crippen molar-refractivity contribution >= 4 is 44.3 Å². The van der Waals surface area contributed by atoms with Gasteiger partial charge in [0.2, 0.25) is 0 Å². The number of nitrogens with two attached hydrogens (primary N) is 1. The molecule has 1 atom stereocenters. The number of alkyl halides is 1. The normalized spacial score (nSPS) is 12.0. The Balaban J connectivity index is 0.00000196. The van der Waals surface area contributed by atoms with E-state index >= 15 is 0 Å². The molecule has 3 N–H and O–H groups in total. The second kappa shape index (κ2) is 6.68. The van der Waals surface area contributed by atoms with Gasteiger partial charge in [-0.1, -0.05) is 0 Å². The molecule has 6 heteroatoms. The van der Waals surface area contributed by atoms with Crippen molar-refractivity contribution in [3.63, 3.8) is 0 Å². The van der Waals surface area contributed by atoms with E-state index in [2.05, 4.69) is 31.9 Å². The van der Waals surface area contributed by atoms with Crippen LogP contribution in [0.4, 0.5) is 4.39 Å². The maximum absolute atomic E-state index is 12.1. The molecule has 0 bridgehead atoms. The number of phenols is 1. The van der Waals surface area contributed by atoms with E-state index < -0.39 is 6.67 Å². The number of halogens is 4. The van der Waals surface area contributed by atoms with Crippen LogP contribution in [0.2, 0.25) is 0 Å². The Kier molecular flexibility index (Phi) is 6.75. The van der Waals surface area contributed by atoms with Crippen LogP contribution in [0.25, 0.3) is 0 Å². The standard InChI is InChI=1S/C9H10Br2FNO.ClH/c10-6-3-5(8(13)1-2-12)4-7(11)9(6)14;/h3-4,8,14H,1-2,13H2;1H/t8-;/m0./s1. The SMILES string of the molecule is Cl.N[C@@H](CCF)c1cc(Br)c(O)c(Br)c1. The molecule has 0 fully saturated rings. The first-order chi connectivity index (χ1) is 6.56. The average Bonchev–Trinajstić information content (AvgIpc) is 2.13. The molecule has 0 spiro atoms. The van der Waals surface area contributed by atoms with Crippen LogP contribution in [0.5, 0.6) is 5.75 Å². The lowest BCUT2D eigenvalue weighted by Gasteiger charge is -2.11. The summed E-state index contributed by atoms with van der Waals surface area (Å²) < 4.78 is 13.2. The molecule has 0 aromatic heterocycles. The molecular formula is C9H11Br2ClFNO. The number of hydrogen-bond donors (Lipinski definition) is 2. The molecule has 0 amide bonds. The second-order valence-electron chi connectivity index (χ2n) is 2.92. The zero-order valence-electron chi connectivity index (χ0n) is 7.71. The third kappa shape index (κ3) is 3.90. The van der Waals surface area contributed by atoms with E-state index in [0.29, 0.717) is 8.95 Å². The first-order valence-corrected chi connectivity index (χ1v) is 5.64. The van der Waals surface area contributed by atoms with Gasteiger partial charge in [0.15, 0.2) is 0 Å². The van der Waals surface area contributed by atoms with Gasteiger partial charge in [-0.25, -0.2) is 0 Å². The average molecular weight is 363 g/mol. The van der Waals surface area contributed by atoms with Crippen molar-refractivity contribution in [1.82, 2.24) is 0 Å². The molecule has 0 aliphatic carbocycles. The summed E-state index contributed by atoms with van der Waals surface area (Å²) in [6, 6.07) is 3.05. The lowest BCUT2D eigenvalue weighted by atomic mass is 10.1. The van der Waals surface area contributed by atoms with Crippen molar-refractivity contribution in [3.05, 3.63) is 26.6 Å². The van der Waals surface area contributed by atoms with Crippen molar-refractivity contribution in [3.8, 4) is 5.75 Å². The molecule has 0 unspecified atom stereocenters. The first-order valence-electron chi connectivity index (χ1n) is 4.05. The molecule has 1 rings (SSSR count). The highest BCUT2D eigenvalue weighted by atomic mass is 79.9. The van der Waals surface area contributed by atoms with Gasteiger partial charge < -0.3 is 10.8 Å². The minimum absolute atomic E-state index is 0. The number of rotatable bonds is 3. The fourth-order valence-corrected chi connectivity index (χ4v) is 2.31. The van der Waals surface area contributed by atoms with Crippen molar-refractivity contribution in [2.24, 2.45) is 5.73 Å². The van der Waals surface area contributed by atoms with Gasteiger partial charge in [0.1, 0.15) is 5.75 Å². The second-order valence-corrected chi connectivity index (χ2v) is 4.63. The van der Waals surface area contributed by atoms with E-state index in [-0.39, 0.29) is 30.6 Å². The van der Waals surface area contributed by atoms with Crippen molar-refractivity contribution in [2.45, 2.75) is 12.5 Å². The summed E-state index contributed by atoms with van der Waals surface area (Å²) in [7, 11) is 0. The van der Waals surface area contributed by atoms with E-state index in [0.717, 1.165) is 5.56 Å². The monoisotopic (exact) mass is 361 g/mol. The molecule has 0 radical (unpaired) electrons. The van der Waals surface area contributed by atoms with E-state index in [1.807, 2.05) is 0 Å². The molecule has 0 aliphatic heterocycles. The van der Waals surface area contributed by atoms with Crippen LogP contribution in [0.1, 0.15) is 18.0 Å². The Morgan fingerprint density at radius 1 is 1.33 bits per heavy atom. The number of aromatic hydroxyl groups is 1. The van der Waals surface area contributed by atoms with Gasteiger partial charge in [-0.3, -0.25) is 4.39 Å². The molecule has 2 nitrogen and oxygen atoms in total. The van der Waals surface area contributed by atoms with Gasteiger partial charge in [0.05, 0.1) is 15.6 Å². The summed E-state index contributed by atoms with van der Waals surface area (Å²) in [4.78, 5) is 0. The third-order valence-corrected chi connectivity index (χ3v) is 3.10. The minimum atomic E-state index is -0.447. The maximum Gasteiger partial charge on any atom is 0.143 e. The highest BCUT2D eigenvalue weighted by Gasteiger charge is 2.11. The van der Waals surface area contributed by atoms with Crippen LogP contribution < -0.4 is 5.73 Å². The van der Waals surface area contributed by atoms with Gasteiger partial charge in [0, 0.05) is 6.04 Å². The smallest absolute Gasteiger partial charge is 0.143 e. The molecule has 0 heterocycles. The lowest BCUT2D eigenvalue weighted by Crippen LogP contribution is -2.10. The Labute approximate surface area is 111 Å². The molecule has 86 valence electrons. The first kappa shape index (κ1) is 15.2. The van der Waals surface area contributed by atoms with Crippen LogP contribution in [0, 0.1) is 0 Å². The Morgan fingerprint density at radius 3 is 2.20 bits per heavy atom. The number of hydrogen-bond acceptors (Lipinski definition) is 2. The van der Waals surface area contributed by atoms with E-state index in [1.165, 1.54) is 0 Å². The van der Waals surface area contributed by atoms with Crippen LogP contribution in [0.15, 0.2) is 21.1 Å². The molecule has 0 saturated heterocycles. The highest BCUT2D eigenvalue weighted by molar-refractivity contribution is 9.11. The van der Waals surface area contributed by atoms with Crippen LogP contribution in [-0.4, -0.2) is 11.8 Å². The van der Waals surface area contributed by atoms with E-state index in [4.69, 9.17) is 5.73 Å². The largest absolute Gasteiger partial charge is 0.506 e. The number of phenolic OH excluding ortho intramolecular Hbond substituents is 1. The molecule has 15 heavy (non-hydrogen) atoms. The summed E-state index contributed by atoms with van der Waals surface area (Å²) in [6.07, 6.45) is 0.281. The summed E-state index contributed by atoms with van der Waals surface area (Å²) in [5.74, 6) is 0.126. The molecule has 1 aromatic carbocycles. The predicted molar refractivity (Wildman–Crippen MR) is 68.3 cm³/mol. The van der Waals surface area contributed by atoms with Crippen LogP contribution in [0.3, 0.4) is 0 Å². The fourth-order valence-electron chi connectivity index (χ4n) is 1.08. The van der Waals surface area contributed by atoms with Crippen molar-refractivity contribution in [1.29, 1.82) is 0 Å². The van der Waals surface area contributed by atoms with Gasteiger partial charge in [-0.2, -0.15) is 0 Å². The Morgan fingerprint density at radius 2 is 1.80 bits per heavy atom. The molecular weight excluding hydrogens is 352 g/mol. The summed E-state index contributed by atoms with van der Waals surface area (Å²) >= 11 is 6.37. The quantitative estimate of drug-likeness (QED) is 0.860. The Bertz CT molecular complexity index is 315. The summed E-state index contributed by atoms with van der Waals surface area (Å²) in [5.41, 5.74) is 6.52.